The van der Waals surface area contributed by atoms with E-state index >= 15 is 0 Å². The van der Waals surface area contributed by atoms with E-state index in [1.54, 1.807) is 11.3 Å². The number of aromatic amines is 1. The van der Waals surface area contributed by atoms with Crippen LogP contribution in [0.2, 0.25) is 0 Å². The maximum atomic E-state index is 12.1. The van der Waals surface area contributed by atoms with Crippen LogP contribution >= 0.6 is 22.7 Å². The maximum absolute atomic E-state index is 12.1. The summed E-state index contributed by atoms with van der Waals surface area (Å²) in [5.74, 6) is 0.376. The molecule has 3 heterocycles. The number of tetrazole rings is 1. The zero-order valence-corrected chi connectivity index (χ0v) is 13.0. The number of carbonyl (C=O) groups is 1. The molecular weight excluding hydrogens is 308 g/mol. The van der Waals surface area contributed by atoms with E-state index in [-0.39, 0.29) is 5.91 Å². The smallest absolute Gasteiger partial charge is 0.252 e. The van der Waals surface area contributed by atoms with Gasteiger partial charge in [0, 0.05) is 15.1 Å². The van der Waals surface area contributed by atoms with Crippen LogP contribution in [0.4, 0.5) is 0 Å². The first kappa shape index (κ1) is 13.8. The fourth-order valence-electron chi connectivity index (χ4n) is 1.87. The van der Waals surface area contributed by atoms with Crippen molar-refractivity contribution in [3.8, 4) is 11.5 Å². The molecule has 1 amide bonds. The van der Waals surface area contributed by atoms with E-state index in [9.17, 15) is 4.79 Å². The van der Waals surface area contributed by atoms with Gasteiger partial charge in [-0.05, 0) is 25.1 Å². The van der Waals surface area contributed by atoms with E-state index in [1.807, 2.05) is 25.3 Å². The Morgan fingerprint density at radius 3 is 2.95 bits per heavy atom. The Kier molecular flexibility index (Phi) is 3.76. The second kappa shape index (κ2) is 5.70. The number of rotatable bonds is 4. The number of aromatic nitrogens is 5. The molecule has 3 aromatic heterocycles. The van der Waals surface area contributed by atoms with Crippen molar-refractivity contribution in [2.24, 2.45) is 0 Å². The van der Waals surface area contributed by atoms with Crippen molar-refractivity contribution < 1.29 is 4.79 Å². The van der Waals surface area contributed by atoms with Crippen LogP contribution in [-0.4, -0.2) is 31.5 Å². The molecule has 0 saturated carbocycles. The van der Waals surface area contributed by atoms with Crippen molar-refractivity contribution in [3.63, 3.8) is 0 Å². The minimum absolute atomic E-state index is 0.0758. The number of H-pyrrole nitrogens is 1. The van der Waals surface area contributed by atoms with Gasteiger partial charge in [0.15, 0.2) is 0 Å². The molecule has 21 heavy (non-hydrogen) atoms. The minimum atomic E-state index is -0.0758. The van der Waals surface area contributed by atoms with Crippen LogP contribution in [0.5, 0.6) is 0 Å². The number of hydrogen-bond acceptors (Lipinski definition) is 7. The van der Waals surface area contributed by atoms with Crippen molar-refractivity contribution in [1.82, 2.24) is 30.9 Å². The summed E-state index contributed by atoms with van der Waals surface area (Å²) in [6.45, 7) is 4.33. The molecule has 0 atom stereocenters. The Hall–Kier alpha value is -2.13. The molecule has 2 N–H and O–H groups in total. The first-order valence-corrected chi connectivity index (χ1v) is 7.86. The van der Waals surface area contributed by atoms with Crippen LogP contribution in [0.25, 0.3) is 11.5 Å². The molecule has 0 fully saturated rings. The lowest BCUT2D eigenvalue weighted by Gasteiger charge is -2.01. The van der Waals surface area contributed by atoms with Crippen molar-refractivity contribution in [3.05, 3.63) is 31.8 Å². The minimum Gasteiger partial charge on any atom is -0.345 e. The van der Waals surface area contributed by atoms with Gasteiger partial charge < -0.3 is 5.32 Å². The van der Waals surface area contributed by atoms with E-state index in [0.717, 1.165) is 20.3 Å². The summed E-state index contributed by atoms with van der Waals surface area (Å²) in [6.07, 6.45) is 0. The number of nitrogens with one attached hydrogen (secondary N) is 2. The number of aryl methyl sites for hydroxylation is 2. The number of amides is 1. The lowest BCUT2D eigenvalue weighted by atomic mass is 10.2. The molecule has 0 radical (unpaired) electrons. The Balaban J connectivity index is 1.65. The Morgan fingerprint density at radius 2 is 2.29 bits per heavy atom. The van der Waals surface area contributed by atoms with E-state index < -0.39 is 0 Å². The lowest BCUT2D eigenvalue weighted by molar-refractivity contribution is 0.0950. The highest BCUT2D eigenvalue weighted by atomic mass is 32.1. The highest BCUT2D eigenvalue weighted by molar-refractivity contribution is 7.12. The Bertz CT molecular complexity index is 761. The molecule has 0 aliphatic rings. The SMILES string of the molecule is Cc1cc(C(=O)NCc2nc(-c3nn[nH]n3)cs2)c(C)s1. The van der Waals surface area contributed by atoms with Crippen LogP contribution in [0.1, 0.15) is 25.1 Å². The number of nitrogens with zero attached hydrogens (tertiary/aromatic N) is 4. The van der Waals surface area contributed by atoms with Gasteiger partial charge in [-0.3, -0.25) is 4.79 Å². The van der Waals surface area contributed by atoms with Crippen LogP contribution in [0.15, 0.2) is 11.4 Å². The van der Waals surface area contributed by atoms with Crippen LogP contribution in [0, 0.1) is 13.8 Å². The van der Waals surface area contributed by atoms with Gasteiger partial charge in [0.05, 0.1) is 12.1 Å². The second-order valence-electron chi connectivity index (χ2n) is 4.37. The average Bonchev–Trinajstić information content (AvgIpc) is 3.15. The number of hydrogen-bond donors (Lipinski definition) is 2. The van der Waals surface area contributed by atoms with E-state index in [1.165, 1.54) is 11.3 Å². The van der Waals surface area contributed by atoms with Gasteiger partial charge in [-0.1, -0.05) is 0 Å². The van der Waals surface area contributed by atoms with Crippen LogP contribution in [-0.2, 0) is 6.54 Å². The number of thiazole rings is 1. The summed E-state index contributed by atoms with van der Waals surface area (Å²) in [7, 11) is 0. The summed E-state index contributed by atoms with van der Waals surface area (Å²) >= 11 is 3.07. The zero-order chi connectivity index (χ0) is 14.8. The summed E-state index contributed by atoms with van der Waals surface area (Å²) < 4.78 is 0. The van der Waals surface area contributed by atoms with Crippen molar-refractivity contribution in [2.75, 3.05) is 0 Å². The largest absolute Gasteiger partial charge is 0.345 e. The van der Waals surface area contributed by atoms with Crippen LogP contribution < -0.4 is 5.32 Å². The molecule has 0 aliphatic heterocycles. The molecule has 0 unspecified atom stereocenters. The predicted molar refractivity (Wildman–Crippen MR) is 80.2 cm³/mol. The standard InChI is InChI=1S/C12H12N6OS2/c1-6-3-8(7(2)21-6)12(19)13-4-10-14-9(5-20-10)11-15-17-18-16-11/h3,5H,4H2,1-2H3,(H,13,19)(H,15,16,17,18). The van der Waals surface area contributed by atoms with Gasteiger partial charge in [-0.2, -0.15) is 5.21 Å². The molecule has 7 nitrogen and oxygen atoms in total. The first-order valence-electron chi connectivity index (χ1n) is 6.17. The molecular formula is C12H12N6OS2. The third-order valence-corrected chi connectivity index (χ3v) is 4.63. The summed E-state index contributed by atoms with van der Waals surface area (Å²) in [5.41, 5.74) is 1.38. The molecule has 0 bridgehead atoms. The molecule has 0 spiro atoms. The molecule has 0 saturated heterocycles. The van der Waals surface area contributed by atoms with E-state index in [4.69, 9.17) is 0 Å². The van der Waals surface area contributed by atoms with Gasteiger partial charge in [0.25, 0.3) is 5.91 Å². The van der Waals surface area contributed by atoms with Gasteiger partial charge in [-0.15, -0.1) is 32.9 Å². The fraction of sp³-hybridized carbons (Fsp3) is 0.250. The maximum Gasteiger partial charge on any atom is 0.252 e. The summed E-state index contributed by atoms with van der Waals surface area (Å²) in [5, 5.41) is 19.1. The van der Waals surface area contributed by atoms with Crippen molar-refractivity contribution >= 4 is 28.6 Å². The van der Waals surface area contributed by atoms with E-state index in [2.05, 4.69) is 30.9 Å². The topological polar surface area (TPSA) is 96.5 Å². The molecule has 3 aromatic rings. The lowest BCUT2D eigenvalue weighted by Crippen LogP contribution is -2.22. The first-order chi connectivity index (χ1) is 10.1. The molecule has 9 heteroatoms. The molecule has 3 rings (SSSR count). The monoisotopic (exact) mass is 320 g/mol. The normalized spacial score (nSPS) is 10.8. The number of thiophene rings is 1. The molecule has 108 valence electrons. The highest BCUT2D eigenvalue weighted by Crippen LogP contribution is 2.21. The van der Waals surface area contributed by atoms with E-state index in [0.29, 0.717) is 18.1 Å². The third-order valence-electron chi connectivity index (χ3n) is 2.81. The summed E-state index contributed by atoms with van der Waals surface area (Å²) in [6, 6.07) is 1.90. The summed E-state index contributed by atoms with van der Waals surface area (Å²) in [4.78, 5) is 18.6. The third kappa shape index (κ3) is 2.98. The van der Waals surface area contributed by atoms with Gasteiger partial charge in [0.1, 0.15) is 10.7 Å². The van der Waals surface area contributed by atoms with Crippen molar-refractivity contribution in [2.45, 2.75) is 20.4 Å². The Labute approximate surface area is 128 Å². The average molecular weight is 320 g/mol. The highest BCUT2D eigenvalue weighted by Gasteiger charge is 2.13. The quantitative estimate of drug-likeness (QED) is 0.765. The van der Waals surface area contributed by atoms with Crippen LogP contribution in [0.3, 0.4) is 0 Å². The number of carbonyl (C=O) groups excluding carboxylic acids is 1. The van der Waals surface area contributed by atoms with Gasteiger partial charge in [0.2, 0.25) is 5.82 Å². The van der Waals surface area contributed by atoms with Gasteiger partial charge in [-0.25, -0.2) is 4.98 Å². The zero-order valence-electron chi connectivity index (χ0n) is 11.4. The fourth-order valence-corrected chi connectivity index (χ4v) is 3.51. The van der Waals surface area contributed by atoms with Crippen molar-refractivity contribution in [1.29, 1.82) is 0 Å². The van der Waals surface area contributed by atoms with Gasteiger partial charge >= 0.3 is 0 Å². The molecule has 0 aromatic carbocycles. The second-order valence-corrected chi connectivity index (χ2v) is 6.77. The molecule has 0 aliphatic carbocycles. The Morgan fingerprint density at radius 1 is 1.43 bits per heavy atom. The predicted octanol–water partition coefficient (Wildman–Crippen LogP) is 1.93.